The molecule has 1 fully saturated rings. The van der Waals surface area contributed by atoms with E-state index >= 15 is 9.59 Å². The lowest BCUT2D eigenvalue weighted by Gasteiger charge is -2.34. The maximum Gasteiger partial charge on any atom is 0.407 e. The van der Waals surface area contributed by atoms with E-state index in [1.165, 1.54) is 270 Å². The van der Waals surface area contributed by atoms with Crippen LogP contribution < -0.4 is 19.5 Å². The van der Waals surface area contributed by atoms with Crippen molar-refractivity contribution in [2.75, 3.05) is 26.4 Å². The Morgan fingerprint density at radius 1 is 0.351 bits per heavy atom. The Morgan fingerprint density at radius 2 is 0.649 bits per heavy atom. The largest absolute Gasteiger partial charge is 0.493 e. The number of alkyl carbamates (subject to hydrolysis) is 1. The number of aliphatic carboxylic acids is 1. The Morgan fingerprint density at radius 3 is 1.00 bits per heavy atom. The SMILES string of the molecule is CCCCCCCCCCCCCCCCCCOc1ccccc1CC1C(Cc2ccccc2OCCCCCCCCCCCCCCCCCC)C(C(=O)O)N(C(=O)C(Cc2ccccc2)NC(=O)OCC2c3ccccc3-c3ccccc32)C1Cc1ccccc1OCCCCCCCCCCCCCCCCCC. The van der Waals surface area contributed by atoms with Gasteiger partial charge in [-0.05, 0) is 113 Å². The number of para-hydroxylation sites is 3. The number of nitrogens with one attached hydrogen (secondary N) is 1. The number of hydrogen-bond acceptors (Lipinski definition) is 7. The summed E-state index contributed by atoms with van der Waals surface area (Å²) in [5, 5.41) is 15.4. The van der Waals surface area contributed by atoms with Crippen LogP contribution in [0.25, 0.3) is 11.1 Å². The number of nitrogens with zero attached hydrogens (tertiary/aromatic N) is 1. The van der Waals surface area contributed by atoms with Crippen molar-refractivity contribution in [3.8, 4) is 28.4 Å². The first-order valence-electron chi connectivity index (χ1n) is 47.1. The molecule has 5 atom stereocenters. The molecule has 114 heavy (non-hydrogen) atoms. The number of carbonyl (C=O) groups excluding carboxylic acids is 2. The van der Waals surface area contributed by atoms with E-state index in [1.807, 2.05) is 97.1 Å². The van der Waals surface area contributed by atoms with Crippen molar-refractivity contribution in [2.24, 2.45) is 11.8 Å². The molecule has 1 aliphatic carbocycles. The van der Waals surface area contributed by atoms with Crippen LogP contribution in [0.1, 0.15) is 368 Å². The second kappa shape index (κ2) is 57.9. The summed E-state index contributed by atoms with van der Waals surface area (Å²) in [4.78, 5) is 48.2. The first-order valence-corrected chi connectivity index (χ1v) is 47.1. The zero-order valence-electron chi connectivity index (χ0n) is 71.7. The molecular formula is C104H154N2O8. The summed E-state index contributed by atoms with van der Waals surface area (Å²) in [7, 11) is 0. The molecule has 8 rings (SSSR count). The molecule has 6 aromatic rings. The quantitative estimate of drug-likeness (QED) is 0.0362. The summed E-state index contributed by atoms with van der Waals surface area (Å²) in [5.41, 5.74) is 8.02. The van der Waals surface area contributed by atoms with Gasteiger partial charge in [0.1, 0.15) is 35.9 Å². The van der Waals surface area contributed by atoms with Crippen LogP contribution >= 0.6 is 0 Å². The number of carbonyl (C=O) groups is 3. The third-order valence-electron chi connectivity index (χ3n) is 24.9. The van der Waals surface area contributed by atoms with Crippen molar-refractivity contribution >= 4 is 18.0 Å². The van der Waals surface area contributed by atoms with Crippen molar-refractivity contribution in [1.29, 1.82) is 0 Å². The Kier molecular flexibility index (Phi) is 46.9. The molecule has 0 aromatic heterocycles. The molecule has 10 heteroatoms. The lowest BCUT2D eigenvalue weighted by atomic mass is 9.77. The first-order chi connectivity index (χ1) is 56.3. The Balaban J connectivity index is 1.02. The van der Waals surface area contributed by atoms with Crippen LogP contribution in [0.15, 0.2) is 152 Å². The van der Waals surface area contributed by atoms with E-state index in [-0.39, 0.29) is 18.9 Å². The normalized spacial score (nSPS) is 15.4. The minimum absolute atomic E-state index is 0.0540. The molecule has 1 heterocycles. The van der Waals surface area contributed by atoms with Gasteiger partial charge in [-0.2, -0.15) is 0 Å². The highest BCUT2D eigenvalue weighted by Crippen LogP contribution is 2.47. The monoisotopic (exact) mass is 1560 g/mol. The fourth-order valence-electron chi connectivity index (χ4n) is 18.2. The number of ether oxygens (including phenoxy) is 4. The summed E-state index contributed by atoms with van der Waals surface area (Å²) in [5.74, 6) is -0.529. The van der Waals surface area contributed by atoms with E-state index < -0.39 is 47.9 Å². The molecule has 10 nitrogen and oxygen atoms in total. The van der Waals surface area contributed by atoms with Crippen molar-refractivity contribution < 1.29 is 38.4 Å². The zero-order valence-corrected chi connectivity index (χ0v) is 71.7. The van der Waals surface area contributed by atoms with Gasteiger partial charge in [0.05, 0.1) is 19.8 Å². The molecule has 0 saturated carbocycles. The number of likely N-dealkylation sites (tertiary alicyclic amines) is 1. The van der Waals surface area contributed by atoms with Crippen LogP contribution in [0, 0.1) is 11.8 Å². The fraction of sp³-hybridized carbons (Fsp3) is 0.625. The molecule has 2 N–H and O–H groups in total. The maximum absolute atomic E-state index is 16.7. The molecular weight excluding hydrogens is 1410 g/mol. The van der Waals surface area contributed by atoms with Gasteiger partial charge >= 0.3 is 12.1 Å². The molecule has 628 valence electrons. The third kappa shape index (κ3) is 34.2. The molecule has 2 aliphatic rings. The van der Waals surface area contributed by atoms with Crippen LogP contribution in [0.5, 0.6) is 17.2 Å². The standard InChI is InChI=1S/C104H154N2O8/c1-4-7-10-13-16-19-22-25-28-31-34-37-40-43-46-62-77-111-98-74-59-52-67-86(98)81-93-94(82-87-68-53-60-75-99(87)112-78-63-47-44-41-38-35-32-29-26-23-20-17-14-11-8-5-2)101(103(108)109)106(97(93)83-88-69-54-61-76-100(88)113-79-64-48-45-42-39-36-33-30-27-24-21-18-15-12-9-6-3)102(107)96(80-85-65-50-49-51-66-85)105-104(110)114-84-95-91-72-57-55-70-89(91)90-71-56-58-73-92(90)95/h49-61,65-76,93-97,101H,4-48,62-64,77-84H2,1-3H3,(H,105,110)(H,108,109). The number of hydrogen-bond donors (Lipinski definition) is 2. The van der Waals surface area contributed by atoms with E-state index in [2.05, 4.69) is 80.7 Å². The summed E-state index contributed by atoms with van der Waals surface area (Å²) in [6, 6.07) is 47.7. The molecule has 1 saturated heterocycles. The van der Waals surface area contributed by atoms with Gasteiger partial charge < -0.3 is 34.3 Å². The number of benzene rings is 6. The number of fused-ring (bicyclic) bond motifs is 3. The molecule has 0 bridgehead atoms. The molecule has 6 aromatic carbocycles. The van der Waals surface area contributed by atoms with Crippen LogP contribution in [0.2, 0.25) is 0 Å². The van der Waals surface area contributed by atoms with Gasteiger partial charge in [0.25, 0.3) is 0 Å². The van der Waals surface area contributed by atoms with Gasteiger partial charge in [-0.25, -0.2) is 9.59 Å². The van der Waals surface area contributed by atoms with Crippen LogP contribution in [0.4, 0.5) is 4.79 Å². The Hall–Kier alpha value is -7.07. The van der Waals surface area contributed by atoms with Crippen molar-refractivity contribution in [1.82, 2.24) is 10.2 Å². The molecule has 0 spiro atoms. The van der Waals surface area contributed by atoms with Gasteiger partial charge in [0, 0.05) is 18.4 Å². The highest BCUT2D eigenvalue weighted by Gasteiger charge is 2.55. The van der Waals surface area contributed by atoms with Gasteiger partial charge in [-0.3, -0.25) is 4.79 Å². The summed E-state index contributed by atoms with van der Waals surface area (Å²) in [6.07, 6.45) is 62.6. The van der Waals surface area contributed by atoms with E-state index in [1.54, 1.807) is 4.90 Å². The minimum Gasteiger partial charge on any atom is -0.493 e. The van der Waals surface area contributed by atoms with Crippen LogP contribution in [0.3, 0.4) is 0 Å². The van der Waals surface area contributed by atoms with Gasteiger partial charge in [-0.15, -0.1) is 0 Å². The predicted octanol–water partition coefficient (Wildman–Crippen LogP) is 28.7. The third-order valence-corrected chi connectivity index (χ3v) is 24.9. The van der Waals surface area contributed by atoms with E-state index in [9.17, 15) is 9.90 Å². The topological polar surface area (TPSA) is 124 Å². The van der Waals surface area contributed by atoms with Gasteiger partial charge in [-0.1, -0.05) is 443 Å². The van der Waals surface area contributed by atoms with Crippen LogP contribution in [-0.2, 0) is 40.0 Å². The lowest BCUT2D eigenvalue weighted by Crippen LogP contribution is -2.56. The van der Waals surface area contributed by atoms with E-state index in [0.29, 0.717) is 39.1 Å². The second-order valence-electron chi connectivity index (χ2n) is 34.0. The van der Waals surface area contributed by atoms with Crippen molar-refractivity contribution in [2.45, 2.75) is 379 Å². The summed E-state index contributed by atoms with van der Waals surface area (Å²) < 4.78 is 26.8. The Labute approximate surface area is 693 Å². The average molecular weight is 1560 g/mol. The van der Waals surface area contributed by atoms with Crippen molar-refractivity contribution in [3.05, 3.63) is 185 Å². The number of rotatable bonds is 67. The lowest BCUT2D eigenvalue weighted by molar-refractivity contribution is -0.151. The van der Waals surface area contributed by atoms with Gasteiger partial charge in [0.2, 0.25) is 5.91 Å². The highest BCUT2D eigenvalue weighted by molar-refractivity contribution is 5.91. The number of amides is 2. The molecule has 0 radical (unpaired) electrons. The number of unbranched alkanes of at least 4 members (excludes halogenated alkanes) is 45. The molecule has 1 aliphatic heterocycles. The van der Waals surface area contributed by atoms with E-state index in [4.69, 9.17) is 18.9 Å². The zero-order chi connectivity index (χ0) is 79.9. The Bertz CT molecular complexity index is 3450. The van der Waals surface area contributed by atoms with Crippen molar-refractivity contribution in [3.63, 3.8) is 0 Å². The molecule has 2 amide bonds. The maximum atomic E-state index is 16.7. The summed E-state index contributed by atoms with van der Waals surface area (Å²) in [6.45, 7) is 8.61. The van der Waals surface area contributed by atoms with E-state index in [0.717, 1.165) is 100 Å². The second-order valence-corrected chi connectivity index (χ2v) is 34.0. The van der Waals surface area contributed by atoms with Gasteiger partial charge in [0.15, 0.2) is 0 Å². The first kappa shape index (κ1) is 92.4. The molecule has 5 unspecified atom stereocenters. The number of carboxylic acid groups (broad SMARTS) is 1. The van der Waals surface area contributed by atoms with Crippen LogP contribution in [-0.4, -0.2) is 72.5 Å². The fourth-order valence-corrected chi connectivity index (χ4v) is 18.2. The summed E-state index contributed by atoms with van der Waals surface area (Å²) >= 11 is 0. The smallest absolute Gasteiger partial charge is 0.407 e. The highest BCUT2D eigenvalue weighted by atomic mass is 16.5. The average Bonchev–Trinajstić information content (AvgIpc) is 1.60. The minimum atomic E-state index is -1.31. The number of carboxylic acids is 1. The predicted molar refractivity (Wildman–Crippen MR) is 477 cm³/mol.